The van der Waals surface area contributed by atoms with Gasteiger partial charge in [0.2, 0.25) is 0 Å². The fourth-order valence-electron chi connectivity index (χ4n) is 4.73. The van der Waals surface area contributed by atoms with Crippen LogP contribution >= 0.6 is 0 Å². The van der Waals surface area contributed by atoms with Crippen LogP contribution in [0.25, 0.3) is 33.0 Å². The molecule has 0 bridgehead atoms. The number of hydrogen-bond donors (Lipinski definition) is 2. The number of carbonyl (C=O) groups is 2. The van der Waals surface area contributed by atoms with Crippen LogP contribution in [0.5, 0.6) is 0 Å². The molecule has 1 aliphatic rings. The number of fused-ring (bicyclic) bond motifs is 2. The third kappa shape index (κ3) is 3.45. The Bertz CT molecular complexity index is 1420. The third-order valence-corrected chi connectivity index (χ3v) is 6.46. The standard InChI is InChI=1S/C26H25FN4O2/c1-3-30(4-2)12-13-31-15-19(17-9-7-10-20(27)24(17)31)23-22(25(32)29-26(23)33)18-14-28-21-11-6-5-8-16(18)21/h5-11,14-15,28H,3-4,12-13H2,1-2H3,(H,29,32,33). The summed E-state index contributed by atoms with van der Waals surface area (Å²) in [5.41, 5.74) is 3.13. The van der Waals surface area contributed by atoms with E-state index in [4.69, 9.17) is 0 Å². The Kier molecular flexibility index (Phi) is 5.34. The summed E-state index contributed by atoms with van der Waals surface area (Å²) >= 11 is 0. The molecule has 0 saturated heterocycles. The van der Waals surface area contributed by atoms with Crippen LogP contribution < -0.4 is 5.32 Å². The molecule has 0 spiro atoms. The predicted octanol–water partition coefficient (Wildman–Crippen LogP) is 4.17. The Hall–Kier alpha value is -3.71. The van der Waals surface area contributed by atoms with Crippen LogP contribution in [-0.4, -0.2) is 45.9 Å². The number of H-pyrrole nitrogens is 1. The minimum Gasteiger partial charge on any atom is -0.361 e. The van der Waals surface area contributed by atoms with Crippen LogP contribution in [-0.2, 0) is 16.1 Å². The van der Waals surface area contributed by atoms with Crippen molar-refractivity contribution in [3.8, 4) is 0 Å². The molecule has 1 aliphatic heterocycles. The molecule has 0 saturated carbocycles. The van der Waals surface area contributed by atoms with Gasteiger partial charge < -0.3 is 14.5 Å². The number of halogens is 1. The van der Waals surface area contributed by atoms with E-state index in [1.165, 1.54) is 6.07 Å². The van der Waals surface area contributed by atoms with Crippen LogP contribution in [0.15, 0.2) is 54.9 Å². The molecule has 0 unspecified atom stereocenters. The zero-order valence-corrected chi connectivity index (χ0v) is 18.6. The topological polar surface area (TPSA) is 70.1 Å². The van der Waals surface area contributed by atoms with Gasteiger partial charge in [0.1, 0.15) is 5.82 Å². The fourth-order valence-corrected chi connectivity index (χ4v) is 4.73. The average Bonchev–Trinajstić information content (AvgIpc) is 3.48. The molecule has 0 atom stereocenters. The Labute approximate surface area is 190 Å². The molecule has 2 aromatic carbocycles. The Morgan fingerprint density at radius 2 is 1.61 bits per heavy atom. The van der Waals surface area contributed by atoms with Crippen LogP contribution in [0.4, 0.5) is 4.39 Å². The number of aromatic nitrogens is 2. The van der Waals surface area contributed by atoms with Gasteiger partial charge in [-0.25, -0.2) is 4.39 Å². The Morgan fingerprint density at radius 3 is 2.36 bits per heavy atom. The summed E-state index contributed by atoms with van der Waals surface area (Å²) in [6, 6.07) is 12.5. The van der Waals surface area contributed by atoms with Gasteiger partial charge in [-0.05, 0) is 25.2 Å². The van der Waals surface area contributed by atoms with E-state index in [2.05, 4.69) is 29.0 Å². The summed E-state index contributed by atoms with van der Waals surface area (Å²) in [5, 5.41) is 3.92. The van der Waals surface area contributed by atoms with Gasteiger partial charge in [0.05, 0.1) is 16.7 Å². The Morgan fingerprint density at radius 1 is 0.909 bits per heavy atom. The second-order valence-corrected chi connectivity index (χ2v) is 8.18. The van der Waals surface area contributed by atoms with Gasteiger partial charge in [-0.1, -0.05) is 44.2 Å². The first-order valence-corrected chi connectivity index (χ1v) is 11.2. The molecule has 0 aliphatic carbocycles. The first kappa shape index (κ1) is 21.2. The maximum atomic E-state index is 15.0. The smallest absolute Gasteiger partial charge is 0.259 e. The summed E-state index contributed by atoms with van der Waals surface area (Å²) in [4.78, 5) is 31.4. The molecule has 0 radical (unpaired) electrons. The fraction of sp³-hybridized carbons (Fsp3) is 0.231. The van der Waals surface area contributed by atoms with Gasteiger partial charge in [0.25, 0.3) is 11.8 Å². The van der Waals surface area contributed by atoms with Crippen molar-refractivity contribution in [1.82, 2.24) is 19.8 Å². The summed E-state index contributed by atoms with van der Waals surface area (Å²) in [6.45, 7) is 7.32. The minimum absolute atomic E-state index is 0.280. The number of likely N-dealkylation sites (N-methyl/N-ethyl adjacent to an activating group) is 1. The number of rotatable bonds is 7. The summed E-state index contributed by atoms with van der Waals surface area (Å²) in [5.74, 6) is -1.26. The van der Waals surface area contributed by atoms with Crippen LogP contribution in [0, 0.1) is 5.82 Å². The van der Waals surface area contributed by atoms with Crippen molar-refractivity contribution in [3.63, 3.8) is 0 Å². The van der Waals surface area contributed by atoms with Crippen molar-refractivity contribution in [2.24, 2.45) is 0 Å². The predicted molar refractivity (Wildman–Crippen MR) is 128 cm³/mol. The molecule has 2 aromatic heterocycles. The normalized spacial score (nSPS) is 14.3. The van der Waals surface area contributed by atoms with Crippen molar-refractivity contribution >= 4 is 44.8 Å². The largest absolute Gasteiger partial charge is 0.361 e. The van der Waals surface area contributed by atoms with Crippen molar-refractivity contribution in [3.05, 3.63) is 71.8 Å². The molecule has 2 amide bonds. The lowest BCUT2D eigenvalue weighted by Crippen LogP contribution is -2.26. The number of carbonyl (C=O) groups excluding carboxylic acids is 2. The maximum Gasteiger partial charge on any atom is 0.259 e. The molecule has 0 fully saturated rings. The van der Waals surface area contributed by atoms with Crippen LogP contribution in [0.1, 0.15) is 25.0 Å². The van der Waals surface area contributed by atoms with E-state index in [1.54, 1.807) is 24.5 Å². The second-order valence-electron chi connectivity index (χ2n) is 8.18. The van der Waals surface area contributed by atoms with E-state index in [9.17, 15) is 14.0 Å². The molecule has 5 rings (SSSR count). The summed E-state index contributed by atoms with van der Waals surface area (Å²) in [6.07, 6.45) is 3.55. The minimum atomic E-state index is -0.465. The van der Waals surface area contributed by atoms with Gasteiger partial charge in [0.15, 0.2) is 0 Å². The number of nitrogens with zero attached hydrogens (tertiary/aromatic N) is 2. The number of aromatic amines is 1. The lowest BCUT2D eigenvalue weighted by Gasteiger charge is -2.18. The number of para-hydroxylation sites is 2. The van der Waals surface area contributed by atoms with Gasteiger partial charge in [-0.2, -0.15) is 0 Å². The first-order chi connectivity index (χ1) is 16.0. The lowest BCUT2D eigenvalue weighted by molar-refractivity contribution is -0.122. The zero-order chi connectivity index (χ0) is 23.1. The number of benzene rings is 2. The van der Waals surface area contributed by atoms with E-state index in [-0.39, 0.29) is 11.4 Å². The van der Waals surface area contributed by atoms with Crippen LogP contribution in [0.3, 0.4) is 0 Å². The summed E-state index contributed by atoms with van der Waals surface area (Å²) < 4.78 is 16.8. The van der Waals surface area contributed by atoms with Gasteiger partial charge in [-0.3, -0.25) is 14.9 Å². The van der Waals surface area contributed by atoms with E-state index in [1.807, 2.05) is 28.8 Å². The van der Waals surface area contributed by atoms with Gasteiger partial charge in [-0.15, -0.1) is 0 Å². The van der Waals surface area contributed by atoms with E-state index >= 15 is 0 Å². The Balaban J connectivity index is 1.72. The highest BCUT2D eigenvalue weighted by molar-refractivity contribution is 6.50. The first-order valence-electron chi connectivity index (χ1n) is 11.2. The summed E-state index contributed by atoms with van der Waals surface area (Å²) in [7, 11) is 0. The molecule has 2 N–H and O–H groups in total. The molecule has 7 heteroatoms. The molecular weight excluding hydrogens is 419 g/mol. The monoisotopic (exact) mass is 444 g/mol. The molecule has 168 valence electrons. The van der Waals surface area contributed by atoms with Crippen LogP contribution in [0.2, 0.25) is 0 Å². The average molecular weight is 445 g/mol. The molecule has 6 nitrogen and oxygen atoms in total. The molecule has 33 heavy (non-hydrogen) atoms. The van der Waals surface area contributed by atoms with Gasteiger partial charge in [0, 0.05) is 52.9 Å². The highest BCUT2D eigenvalue weighted by atomic mass is 19.1. The lowest BCUT2D eigenvalue weighted by atomic mass is 9.95. The third-order valence-electron chi connectivity index (χ3n) is 6.46. The highest BCUT2D eigenvalue weighted by Crippen LogP contribution is 2.38. The van der Waals surface area contributed by atoms with E-state index in [0.29, 0.717) is 34.1 Å². The van der Waals surface area contributed by atoms with E-state index in [0.717, 1.165) is 30.5 Å². The van der Waals surface area contributed by atoms with E-state index < -0.39 is 11.8 Å². The second kappa shape index (κ2) is 8.33. The van der Waals surface area contributed by atoms with Crippen molar-refractivity contribution in [1.29, 1.82) is 0 Å². The molecule has 4 aromatic rings. The number of hydrogen-bond acceptors (Lipinski definition) is 3. The molecule has 3 heterocycles. The van der Waals surface area contributed by atoms with Gasteiger partial charge >= 0.3 is 0 Å². The SMILES string of the molecule is CCN(CC)CCn1cc(C2=C(c3c[nH]c4ccccc34)C(=O)NC2=O)c2cccc(F)c21. The number of imide groups is 1. The number of nitrogens with one attached hydrogen (secondary N) is 2. The van der Waals surface area contributed by atoms with Crippen molar-refractivity contribution in [2.45, 2.75) is 20.4 Å². The quantitative estimate of drug-likeness (QED) is 0.421. The molecular formula is C26H25FN4O2. The van der Waals surface area contributed by atoms with Crippen molar-refractivity contribution in [2.75, 3.05) is 19.6 Å². The number of amides is 2. The van der Waals surface area contributed by atoms with Crippen molar-refractivity contribution < 1.29 is 14.0 Å². The zero-order valence-electron chi connectivity index (χ0n) is 18.6. The highest BCUT2D eigenvalue weighted by Gasteiger charge is 2.35. The maximum absolute atomic E-state index is 15.0.